The lowest BCUT2D eigenvalue weighted by Gasteiger charge is -2.11. The number of nitrogens with zero attached hydrogens (tertiary/aromatic N) is 2. The van der Waals surface area contributed by atoms with Crippen molar-refractivity contribution in [2.45, 2.75) is 6.18 Å². The number of fused-ring (bicyclic) bond motifs is 1. The first kappa shape index (κ1) is 19.2. The molecule has 0 unspecified atom stereocenters. The van der Waals surface area contributed by atoms with Crippen molar-refractivity contribution < 1.29 is 37.1 Å². The monoisotopic (exact) mass is 392 g/mol. The Morgan fingerprint density at radius 3 is 2.68 bits per heavy atom. The fourth-order valence-corrected chi connectivity index (χ4v) is 2.64. The van der Waals surface area contributed by atoms with E-state index in [2.05, 4.69) is 5.16 Å². The van der Waals surface area contributed by atoms with Crippen LogP contribution in [0.3, 0.4) is 0 Å². The molecule has 0 saturated heterocycles. The molecule has 0 aliphatic heterocycles. The van der Waals surface area contributed by atoms with E-state index in [1.165, 1.54) is 31.4 Å². The fourth-order valence-electron chi connectivity index (χ4n) is 2.64. The Hall–Kier alpha value is -3.58. The van der Waals surface area contributed by atoms with Crippen LogP contribution in [0.5, 0.6) is 5.75 Å². The zero-order chi connectivity index (χ0) is 20.5. The molecule has 3 rings (SSSR count). The summed E-state index contributed by atoms with van der Waals surface area (Å²) in [5.41, 5.74) is -1.23. The third kappa shape index (κ3) is 3.47. The number of alkyl halides is 3. The molecule has 28 heavy (non-hydrogen) atoms. The van der Waals surface area contributed by atoms with Crippen LogP contribution in [0.25, 0.3) is 22.1 Å². The van der Waals surface area contributed by atoms with Crippen LogP contribution in [0.2, 0.25) is 0 Å². The van der Waals surface area contributed by atoms with Crippen LogP contribution in [0.1, 0.15) is 21.6 Å². The molecular formula is C18H11F3N2O5. The van der Waals surface area contributed by atoms with Crippen molar-refractivity contribution in [3.63, 3.8) is 0 Å². The number of benzene rings is 2. The third-order valence-electron chi connectivity index (χ3n) is 3.83. The summed E-state index contributed by atoms with van der Waals surface area (Å²) in [6.45, 7) is -0.238. The van der Waals surface area contributed by atoms with E-state index in [1.807, 2.05) is 0 Å². The smallest absolute Gasteiger partial charge is 0.437 e. The van der Waals surface area contributed by atoms with Gasteiger partial charge in [0, 0.05) is 12.7 Å². The van der Waals surface area contributed by atoms with Crippen molar-refractivity contribution in [2.24, 2.45) is 0 Å². The molecule has 1 heterocycles. The van der Waals surface area contributed by atoms with Crippen LogP contribution in [0, 0.1) is 11.3 Å². The van der Waals surface area contributed by atoms with Crippen molar-refractivity contribution in [2.75, 3.05) is 13.9 Å². The first-order valence-corrected chi connectivity index (χ1v) is 7.66. The van der Waals surface area contributed by atoms with Gasteiger partial charge in [-0.25, -0.2) is 4.79 Å². The minimum absolute atomic E-state index is 0.0436. The van der Waals surface area contributed by atoms with Gasteiger partial charge < -0.3 is 19.1 Å². The van der Waals surface area contributed by atoms with Crippen LogP contribution >= 0.6 is 0 Å². The summed E-state index contributed by atoms with van der Waals surface area (Å²) in [7, 11) is 1.34. The van der Waals surface area contributed by atoms with Gasteiger partial charge in [0.15, 0.2) is 18.1 Å². The van der Waals surface area contributed by atoms with E-state index in [-0.39, 0.29) is 45.8 Å². The minimum atomic E-state index is -4.77. The molecule has 10 heteroatoms. The highest BCUT2D eigenvalue weighted by atomic mass is 19.4. The largest absolute Gasteiger partial charge is 0.478 e. The van der Waals surface area contributed by atoms with Gasteiger partial charge >= 0.3 is 12.1 Å². The summed E-state index contributed by atoms with van der Waals surface area (Å²) in [5, 5.41) is 21.2. The predicted molar refractivity (Wildman–Crippen MR) is 88.6 cm³/mol. The maximum atomic E-state index is 13.2. The number of aromatic carboxylic acids is 1. The number of carboxylic acids is 1. The number of methoxy groups -OCH3 is 1. The van der Waals surface area contributed by atoms with E-state index in [1.54, 1.807) is 6.07 Å². The zero-order valence-electron chi connectivity index (χ0n) is 14.2. The quantitative estimate of drug-likeness (QED) is 0.653. The average Bonchev–Trinajstić information content (AvgIpc) is 3.09. The van der Waals surface area contributed by atoms with E-state index in [0.717, 1.165) is 6.07 Å². The summed E-state index contributed by atoms with van der Waals surface area (Å²) in [6.07, 6.45) is -4.77. The highest BCUT2D eigenvalue weighted by molar-refractivity contribution is 5.97. The Bertz CT molecular complexity index is 1100. The lowest BCUT2D eigenvalue weighted by molar-refractivity contribution is -0.141. The number of hydrogen-bond donors (Lipinski definition) is 1. The van der Waals surface area contributed by atoms with Crippen LogP contribution in [0.15, 0.2) is 34.9 Å². The van der Waals surface area contributed by atoms with Crippen molar-refractivity contribution in [1.29, 1.82) is 5.26 Å². The Labute approximate surface area is 155 Å². The van der Waals surface area contributed by atoms with Crippen molar-refractivity contribution in [3.8, 4) is 22.9 Å². The van der Waals surface area contributed by atoms with Gasteiger partial charge in [-0.05, 0) is 29.8 Å². The Balaban J connectivity index is 2.25. The Kier molecular flexibility index (Phi) is 4.94. The van der Waals surface area contributed by atoms with E-state index in [9.17, 15) is 28.3 Å². The maximum Gasteiger partial charge on any atom is 0.437 e. The second kappa shape index (κ2) is 7.21. The van der Waals surface area contributed by atoms with Crippen molar-refractivity contribution >= 4 is 16.9 Å². The SMILES string of the molecule is COCOc1cc(-c2cc(C#N)cc3c(C(F)(F)F)noc23)ccc1C(=O)O. The minimum Gasteiger partial charge on any atom is -0.478 e. The number of carbonyl (C=O) groups is 1. The molecule has 0 saturated carbocycles. The molecule has 0 fully saturated rings. The molecule has 1 N–H and O–H groups in total. The fraction of sp³-hybridized carbons (Fsp3) is 0.167. The third-order valence-corrected chi connectivity index (χ3v) is 3.83. The molecule has 0 radical (unpaired) electrons. The maximum absolute atomic E-state index is 13.2. The standard InChI is InChI=1S/C18H11F3N2O5/c1-26-8-27-14-6-10(2-3-11(14)17(24)25)12-4-9(7-22)5-13-15(12)28-23-16(13)18(19,20)21/h2-6H,8H2,1H3,(H,24,25). The molecule has 0 spiro atoms. The zero-order valence-corrected chi connectivity index (χ0v) is 14.2. The number of halogens is 3. The van der Waals surface area contributed by atoms with E-state index < -0.39 is 17.8 Å². The average molecular weight is 392 g/mol. The number of rotatable bonds is 5. The van der Waals surface area contributed by atoms with Gasteiger partial charge in [0.05, 0.1) is 17.0 Å². The number of nitriles is 1. The molecule has 3 aromatic rings. The molecule has 0 bridgehead atoms. The number of carboxylic acid groups (broad SMARTS) is 1. The Morgan fingerprint density at radius 2 is 2.07 bits per heavy atom. The molecule has 2 aromatic carbocycles. The lowest BCUT2D eigenvalue weighted by atomic mass is 9.98. The highest BCUT2D eigenvalue weighted by Gasteiger charge is 2.37. The predicted octanol–water partition coefficient (Wildman–Crippen LogP) is 4.07. The van der Waals surface area contributed by atoms with Gasteiger partial charge in [-0.1, -0.05) is 11.2 Å². The Morgan fingerprint density at radius 1 is 1.32 bits per heavy atom. The van der Waals surface area contributed by atoms with Gasteiger partial charge in [0.25, 0.3) is 0 Å². The van der Waals surface area contributed by atoms with Gasteiger partial charge in [-0.3, -0.25) is 0 Å². The van der Waals surface area contributed by atoms with Crippen molar-refractivity contribution in [1.82, 2.24) is 5.16 Å². The molecular weight excluding hydrogens is 381 g/mol. The topological polar surface area (TPSA) is 106 Å². The van der Waals surface area contributed by atoms with Gasteiger partial charge in [0.2, 0.25) is 0 Å². The lowest BCUT2D eigenvalue weighted by Crippen LogP contribution is -2.06. The van der Waals surface area contributed by atoms with Gasteiger partial charge in [0.1, 0.15) is 11.3 Å². The van der Waals surface area contributed by atoms with Gasteiger partial charge in [-0.2, -0.15) is 18.4 Å². The van der Waals surface area contributed by atoms with Gasteiger partial charge in [-0.15, -0.1) is 0 Å². The van der Waals surface area contributed by atoms with Crippen LogP contribution in [-0.2, 0) is 10.9 Å². The first-order chi connectivity index (χ1) is 13.3. The number of hydrogen-bond acceptors (Lipinski definition) is 6. The molecule has 0 atom stereocenters. The molecule has 144 valence electrons. The van der Waals surface area contributed by atoms with Crippen LogP contribution in [0.4, 0.5) is 13.2 Å². The summed E-state index contributed by atoms with van der Waals surface area (Å²) in [6, 6.07) is 8.07. The number of ether oxygens (including phenoxy) is 2. The van der Waals surface area contributed by atoms with Crippen LogP contribution < -0.4 is 4.74 Å². The van der Waals surface area contributed by atoms with E-state index in [0.29, 0.717) is 0 Å². The van der Waals surface area contributed by atoms with Crippen molar-refractivity contribution in [3.05, 3.63) is 47.2 Å². The second-order valence-corrected chi connectivity index (χ2v) is 5.61. The molecule has 0 amide bonds. The molecule has 0 aliphatic carbocycles. The first-order valence-electron chi connectivity index (χ1n) is 7.66. The summed E-state index contributed by atoms with van der Waals surface area (Å²) >= 11 is 0. The highest BCUT2D eigenvalue weighted by Crippen LogP contribution is 2.39. The van der Waals surface area contributed by atoms with E-state index >= 15 is 0 Å². The molecule has 1 aromatic heterocycles. The molecule has 0 aliphatic rings. The number of aromatic nitrogens is 1. The normalized spacial score (nSPS) is 11.4. The van der Waals surface area contributed by atoms with Crippen LogP contribution in [-0.4, -0.2) is 30.1 Å². The summed E-state index contributed by atoms with van der Waals surface area (Å²) in [4.78, 5) is 11.3. The van der Waals surface area contributed by atoms with E-state index in [4.69, 9.17) is 14.0 Å². The summed E-state index contributed by atoms with van der Waals surface area (Å²) in [5.74, 6) is -1.31. The second-order valence-electron chi connectivity index (χ2n) is 5.61. The molecule has 7 nitrogen and oxygen atoms in total. The summed E-state index contributed by atoms with van der Waals surface area (Å²) < 4.78 is 54.4.